The maximum absolute atomic E-state index is 11.9. The van der Waals surface area contributed by atoms with E-state index in [4.69, 9.17) is 4.74 Å². The minimum Gasteiger partial charge on any atom is -0.443 e. The third-order valence-corrected chi connectivity index (χ3v) is 3.13. The first-order chi connectivity index (χ1) is 7.69. The number of aliphatic hydroxyl groups excluding tert-OH is 1. The van der Waals surface area contributed by atoms with Crippen molar-refractivity contribution in [3.63, 3.8) is 0 Å². The zero-order chi connectivity index (χ0) is 13.4. The molecule has 0 saturated carbocycles. The molecule has 1 aliphatic heterocycles. The first-order valence-corrected chi connectivity index (χ1v) is 5.86. The van der Waals surface area contributed by atoms with Crippen LogP contribution in [0, 0.1) is 11.8 Å². The Morgan fingerprint density at radius 3 is 2.35 bits per heavy atom. The van der Waals surface area contributed by atoms with Crippen molar-refractivity contribution in [2.75, 3.05) is 6.61 Å². The number of aliphatic hydroxyl groups is 1. The van der Waals surface area contributed by atoms with Crippen LogP contribution < -0.4 is 0 Å². The fourth-order valence-electron chi connectivity index (χ4n) is 1.96. The molecule has 0 spiro atoms. The fraction of sp³-hybridized carbons (Fsp3) is 0.833. The van der Waals surface area contributed by atoms with Gasteiger partial charge in [-0.1, -0.05) is 13.8 Å². The molecule has 1 rings (SSSR count). The summed E-state index contributed by atoms with van der Waals surface area (Å²) in [6.45, 7) is 8.62. The molecule has 1 fully saturated rings. The Labute approximate surface area is 102 Å². The summed E-state index contributed by atoms with van der Waals surface area (Å²) in [7, 11) is 0. The van der Waals surface area contributed by atoms with Crippen LogP contribution in [-0.2, 0) is 9.53 Å². The standard InChI is InChI=1S/C12H21NO4/c1-7-8(2)10(15)13(9(7)6-14)11(16)17-12(3,4)5/h7-9,14H,6H2,1-5H3/t7-,8+,9+/m0/s1. The fourth-order valence-corrected chi connectivity index (χ4v) is 1.96. The molecule has 0 unspecified atom stereocenters. The predicted octanol–water partition coefficient (Wildman–Crippen LogP) is 1.40. The van der Waals surface area contributed by atoms with Gasteiger partial charge in [-0.25, -0.2) is 9.69 Å². The lowest BCUT2D eigenvalue weighted by Gasteiger charge is -2.27. The molecule has 5 nitrogen and oxygen atoms in total. The van der Waals surface area contributed by atoms with Gasteiger partial charge >= 0.3 is 6.09 Å². The van der Waals surface area contributed by atoms with E-state index in [0.717, 1.165) is 4.90 Å². The maximum Gasteiger partial charge on any atom is 0.417 e. The molecule has 0 aromatic heterocycles. The molecule has 0 aromatic carbocycles. The Bertz CT molecular complexity index is 321. The van der Waals surface area contributed by atoms with E-state index in [-0.39, 0.29) is 24.3 Å². The van der Waals surface area contributed by atoms with E-state index in [1.165, 1.54) is 0 Å². The maximum atomic E-state index is 11.9. The van der Waals surface area contributed by atoms with Gasteiger partial charge in [-0.05, 0) is 26.7 Å². The summed E-state index contributed by atoms with van der Waals surface area (Å²) in [5.74, 6) is -0.592. The Morgan fingerprint density at radius 1 is 1.41 bits per heavy atom. The lowest BCUT2D eigenvalue weighted by Crippen LogP contribution is -2.44. The van der Waals surface area contributed by atoms with E-state index in [9.17, 15) is 14.7 Å². The van der Waals surface area contributed by atoms with E-state index in [1.807, 2.05) is 6.92 Å². The SMILES string of the molecule is C[C@@H]1[C@@H](CO)N(C(=O)OC(C)(C)C)C(=O)[C@@H]1C. The van der Waals surface area contributed by atoms with Crippen LogP contribution in [0.15, 0.2) is 0 Å². The molecule has 0 aliphatic carbocycles. The number of hydrogen-bond acceptors (Lipinski definition) is 4. The van der Waals surface area contributed by atoms with Gasteiger partial charge in [0.25, 0.3) is 0 Å². The molecule has 1 N–H and O–H groups in total. The van der Waals surface area contributed by atoms with Gasteiger partial charge in [0.1, 0.15) is 5.60 Å². The van der Waals surface area contributed by atoms with Crippen LogP contribution in [0.1, 0.15) is 34.6 Å². The van der Waals surface area contributed by atoms with E-state index >= 15 is 0 Å². The van der Waals surface area contributed by atoms with Gasteiger partial charge in [0, 0.05) is 5.92 Å². The van der Waals surface area contributed by atoms with E-state index in [1.54, 1.807) is 27.7 Å². The summed E-state index contributed by atoms with van der Waals surface area (Å²) in [5.41, 5.74) is -0.646. The van der Waals surface area contributed by atoms with E-state index in [2.05, 4.69) is 0 Å². The number of likely N-dealkylation sites (tertiary alicyclic amines) is 1. The molecule has 0 aromatic rings. The zero-order valence-corrected chi connectivity index (χ0v) is 11.1. The Morgan fingerprint density at radius 2 is 1.94 bits per heavy atom. The average molecular weight is 243 g/mol. The highest BCUT2D eigenvalue weighted by molar-refractivity contribution is 5.95. The Balaban J connectivity index is 2.88. The Kier molecular flexibility index (Phi) is 3.81. The van der Waals surface area contributed by atoms with Crippen molar-refractivity contribution < 1.29 is 19.4 Å². The molecule has 2 amide bonds. The van der Waals surface area contributed by atoms with Crippen LogP contribution >= 0.6 is 0 Å². The summed E-state index contributed by atoms with van der Waals surface area (Å²) < 4.78 is 5.18. The molecule has 1 heterocycles. The highest BCUT2D eigenvalue weighted by Gasteiger charge is 2.47. The zero-order valence-electron chi connectivity index (χ0n) is 11.1. The second-order valence-electron chi connectivity index (χ2n) is 5.59. The van der Waals surface area contributed by atoms with Crippen LogP contribution in [-0.4, -0.2) is 40.3 Å². The second kappa shape index (κ2) is 4.64. The first-order valence-electron chi connectivity index (χ1n) is 5.86. The summed E-state index contributed by atoms with van der Waals surface area (Å²) in [5, 5.41) is 9.29. The van der Waals surface area contributed by atoms with Crippen LogP contribution in [0.4, 0.5) is 4.79 Å². The van der Waals surface area contributed by atoms with Crippen molar-refractivity contribution in [3.8, 4) is 0 Å². The highest BCUT2D eigenvalue weighted by atomic mass is 16.6. The van der Waals surface area contributed by atoms with Crippen LogP contribution in [0.25, 0.3) is 0 Å². The average Bonchev–Trinajstić information content (AvgIpc) is 2.39. The molecule has 0 radical (unpaired) electrons. The molecule has 5 heteroatoms. The van der Waals surface area contributed by atoms with Crippen molar-refractivity contribution in [1.29, 1.82) is 0 Å². The summed E-state index contributed by atoms with van der Waals surface area (Å²) >= 11 is 0. The van der Waals surface area contributed by atoms with Gasteiger partial charge in [0.2, 0.25) is 5.91 Å². The quantitative estimate of drug-likeness (QED) is 0.756. The van der Waals surface area contributed by atoms with E-state index in [0.29, 0.717) is 0 Å². The smallest absolute Gasteiger partial charge is 0.417 e. The van der Waals surface area contributed by atoms with Crippen molar-refractivity contribution in [1.82, 2.24) is 4.90 Å². The van der Waals surface area contributed by atoms with Crippen molar-refractivity contribution >= 4 is 12.0 Å². The molecule has 3 atom stereocenters. The largest absolute Gasteiger partial charge is 0.443 e. The van der Waals surface area contributed by atoms with Gasteiger partial charge in [0.05, 0.1) is 12.6 Å². The Hall–Kier alpha value is -1.10. The number of amides is 2. The molecular weight excluding hydrogens is 222 g/mol. The number of imide groups is 1. The van der Waals surface area contributed by atoms with Crippen LogP contribution in [0.5, 0.6) is 0 Å². The number of rotatable bonds is 1. The van der Waals surface area contributed by atoms with Gasteiger partial charge in [-0.15, -0.1) is 0 Å². The highest BCUT2D eigenvalue weighted by Crippen LogP contribution is 2.31. The predicted molar refractivity (Wildman–Crippen MR) is 62.3 cm³/mol. The monoisotopic (exact) mass is 243 g/mol. The van der Waals surface area contributed by atoms with Crippen molar-refractivity contribution in [2.24, 2.45) is 11.8 Å². The third-order valence-electron chi connectivity index (χ3n) is 3.13. The summed E-state index contributed by atoms with van der Waals surface area (Å²) in [6, 6.07) is -0.479. The summed E-state index contributed by atoms with van der Waals surface area (Å²) in [4.78, 5) is 24.9. The van der Waals surface area contributed by atoms with Gasteiger partial charge < -0.3 is 9.84 Å². The molecule has 0 bridgehead atoms. The molecule has 17 heavy (non-hydrogen) atoms. The number of carbonyl (C=O) groups excluding carboxylic acids is 2. The number of ether oxygens (including phenoxy) is 1. The van der Waals surface area contributed by atoms with Crippen molar-refractivity contribution in [3.05, 3.63) is 0 Å². The molecular formula is C12H21NO4. The minimum absolute atomic E-state index is 0.0555. The van der Waals surface area contributed by atoms with E-state index < -0.39 is 17.7 Å². The first kappa shape index (κ1) is 14.0. The normalized spacial score (nSPS) is 29.6. The minimum atomic E-state index is -0.669. The summed E-state index contributed by atoms with van der Waals surface area (Å²) in [6.07, 6.45) is -0.669. The number of nitrogens with zero attached hydrogens (tertiary/aromatic N) is 1. The van der Waals surface area contributed by atoms with Crippen LogP contribution in [0.2, 0.25) is 0 Å². The lowest BCUT2D eigenvalue weighted by atomic mass is 9.94. The molecule has 1 aliphatic rings. The van der Waals surface area contributed by atoms with Crippen LogP contribution in [0.3, 0.4) is 0 Å². The second-order valence-corrected chi connectivity index (χ2v) is 5.59. The van der Waals surface area contributed by atoms with Gasteiger partial charge in [0.15, 0.2) is 0 Å². The van der Waals surface area contributed by atoms with Crippen molar-refractivity contribution in [2.45, 2.75) is 46.3 Å². The number of carbonyl (C=O) groups is 2. The topological polar surface area (TPSA) is 66.8 Å². The molecule has 98 valence electrons. The lowest BCUT2D eigenvalue weighted by molar-refractivity contribution is -0.131. The number of hydrogen-bond donors (Lipinski definition) is 1. The molecule has 1 saturated heterocycles. The third kappa shape index (κ3) is 2.77. The van der Waals surface area contributed by atoms with Gasteiger partial charge in [-0.2, -0.15) is 0 Å². The van der Waals surface area contributed by atoms with Gasteiger partial charge in [-0.3, -0.25) is 4.79 Å².